The number of aliphatic hydroxyl groups excluding tert-OH is 2. The Morgan fingerprint density at radius 3 is 2.37 bits per heavy atom. The Morgan fingerprint density at radius 2 is 1.70 bits per heavy atom. The van der Waals surface area contributed by atoms with Gasteiger partial charge in [-0.05, 0) is 57.0 Å². The van der Waals surface area contributed by atoms with Crippen molar-refractivity contribution < 1.29 is 19.7 Å². The van der Waals surface area contributed by atoms with Gasteiger partial charge < -0.3 is 25.6 Å². The predicted molar refractivity (Wildman–Crippen MR) is 106 cm³/mol. The van der Waals surface area contributed by atoms with E-state index in [-0.39, 0.29) is 13.0 Å². The second kappa shape index (κ2) is 9.39. The van der Waals surface area contributed by atoms with Crippen LogP contribution in [0.4, 0.5) is 16.2 Å². The lowest BCUT2D eigenvalue weighted by Crippen LogP contribution is -2.34. The van der Waals surface area contributed by atoms with Gasteiger partial charge in [-0.25, -0.2) is 4.79 Å². The van der Waals surface area contributed by atoms with E-state index in [1.165, 1.54) is 0 Å². The third-order valence-corrected chi connectivity index (χ3v) is 3.76. The number of rotatable bonds is 7. The first kappa shape index (κ1) is 20.7. The Balaban J connectivity index is 1.88. The molecule has 2 aromatic carbocycles. The topological polar surface area (TPSA) is 90.8 Å². The zero-order valence-corrected chi connectivity index (χ0v) is 16.0. The molecule has 0 aromatic heterocycles. The molecule has 0 aliphatic heterocycles. The third-order valence-electron chi connectivity index (χ3n) is 3.76. The first-order valence-electron chi connectivity index (χ1n) is 8.99. The van der Waals surface area contributed by atoms with E-state index in [9.17, 15) is 15.0 Å². The van der Waals surface area contributed by atoms with Crippen molar-refractivity contribution in [2.24, 2.45) is 0 Å². The van der Waals surface area contributed by atoms with Gasteiger partial charge in [-0.1, -0.05) is 30.3 Å². The second-order valence-electron chi connectivity index (χ2n) is 7.35. The fourth-order valence-corrected chi connectivity index (χ4v) is 2.50. The van der Waals surface area contributed by atoms with E-state index < -0.39 is 23.9 Å². The summed E-state index contributed by atoms with van der Waals surface area (Å²) in [6.07, 6.45) is -2.40. The Bertz CT molecular complexity index is 728. The zero-order chi connectivity index (χ0) is 19.9. The number of benzene rings is 2. The fraction of sp³-hybridized carbons (Fsp3) is 0.381. The number of aliphatic hydroxyl groups is 2. The summed E-state index contributed by atoms with van der Waals surface area (Å²) in [6.45, 7) is 5.54. The van der Waals surface area contributed by atoms with E-state index >= 15 is 0 Å². The normalized spacial score (nSPS) is 13.5. The molecule has 0 saturated carbocycles. The van der Waals surface area contributed by atoms with Gasteiger partial charge in [-0.2, -0.15) is 0 Å². The van der Waals surface area contributed by atoms with E-state index in [1.807, 2.05) is 42.5 Å². The summed E-state index contributed by atoms with van der Waals surface area (Å²) in [5.41, 5.74) is 1.78. The number of hydrogen-bond donors (Lipinski definition) is 4. The molecule has 2 aromatic rings. The zero-order valence-electron chi connectivity index (χ0n) is 16.0. The highest BCUT2D eigenvalue weighted by atomic mass is 16.6. The van der Waals surface area contributed by atoms with Gasteiger partial charge in [0.1, 0.15) is 11.7 Å². The third kappa shape index (κ3) is 7.29. The predicted octanol–water partition coefficient (Wildman–Crippen LogP) is 3.74. The van der Waals surface area contributed by atoms with Gasteiger partial charge in [0.2, 0.25) is 0 Å². The van der Waals surface area contributed by atoms with Crippen LogP contribution in [0.3, 0.4) is 0 Å². The quantitative estimate of drug-likeness (QED) is 0.594. The highest BCUT2D eigenvalue weighted by molar-refractivity contribution is 5.67. The van der Waals surface area contributed by atoms with Crippen LogP contribution in [0.5, 0.6) is 0 Å². The highest BCUT2D eigenvalue weighted by Crippen LogP contribution is 2.24. The molecule has 146 valence electrons. The summed E-state index contributed by atoms with van der Waals surface area (Å²) >= 11 is 0. The van der Waals surface area contributed by atoms with E-state index in [2.05, 4.69) is 10.6 Å². The Morgan fingerprint density at radius 1 is 1.04 bits per heavy atom. The first-order valence-corrected chi connectivity index (χ1v) is 8.99. The molecule has 0 fully saturated rings. The molecule has 27 heavy (non-hydrogen) atoms. The molecule has 0 saturated heterocycles. The molecular formula is C21H28N2O4. The average Bonchev–Trinajstić information content (AvgIpc) is 2.60. The van der Waals surface area contributed by atoms with Crippen molar-refractivity contribution in [2.75, 3.05) is 11.9 Å². The van der Waals surface area contributed by atoms with Crippen molar-refractivity contribution in [3.8, 4) is 0 Å². The maximum absolute atomic E-state index is 11.6. The van der Waals surface area contributed by atoms with Crippen molar-refractivity contribution in [1.82, 2.24) is 5.32 Å². The summed E-state index contributed by atoms with van der Waals surface area (Å²) in [6, 6.07) is 16.9. The van der Waals surface area contributed by atoms with Crippen LogP contribution in [0.25, 0.3) is 0 Å². The molecule has 6 nitrogen and oxygen atoms in total. The molecule has 0 spiro atoms. The largest absolute Gasteiger partial charge is 0.444 e. The minimum absolute atomic E-state index is 0.203. The molecular weight excluding hydrogens is 344 g/mol. The molecule has 0 heterocycles. The first-order chi connectivity index (χ1) is 12.7. The minimum Gasteiger partial charge on any atom is -0.444 e. The molecule has 2 unspecified atom stereocenters. The summed E-state index contributed by atoms with van der Waals surface area (Å²) in [7, 11) is 0. The van der Waals surface area contributed by atoms with Crippen LogP contribution in [0, 0.1) is 0 Å². The number of alkyl carbamates (subject to hydrolysis) is 1. The average molecular weight is 372 g/mol. The molecule has 6 heteroatoms. The van der Waals surface area contributed by atoms with E-state index in [1.54, 1.807) is 32.9 Å². The minimum atomic E-state index is -1.05. The van der Waals surface area contributed by atoms with Crippen LogP contribution >= 0.6 is 0 Å². The number of para-hydroxylation sites is 1. The van der Waals surface area contributed by atoms with Gasteiger partial charge in [0.15, 0.2) is 0 Å². The molecule has 2 rings (SSSR count). The number of carbonyl (C=O) groups is 1. The monoisotopic (exact) mass is 372 g/mol. The van der Waals surface area contributed by atoms with E-state index in [0.717, 1.165) is 11.4 Å². The van der Waals surface area contributed by atoms with Crippen LogP contribution in [-0.4, -0.2) is 34.6 Å². The van der Waals surface area contributed by atoms with Gasteiger partial charge in [-0.15, -0.1) is 0 Å². The summed E-state index contributed by atoms with van der Waals surface area (Å²) in [5, 5.41) is 26.5. The molecule has 2 atom stereocenters. The molecule has 0 radical (unpaired) electrons. The van der Waals surface area contributed by atoms with Gasteiger partial charge >= 0.3 is 6.09 Å². The van der Waals surface area contributed by atoms with Crippen LogP contribution in [0.1, 0.15) is 38.9 Å². The van der Waals surface area contributed by atoms with Crippen molar-refractivity contribution in [2.45, 2.75) is 45.0 Å². The van der Waals surface area contributed by atoms with Crippen molar-refractivity contribution in [1.29, 1.82) is 0 Å². The lowest BCUT2D eigenvalue weighted by molar-refractivity contribution is 0.0123. The van der Waals surface area contributed by atoms with Gasteiger partial charge in [-0.3, -0.25) is 0 Å². The lowest BCUT2D eigenvalue weighted by Gasteiger charge is -2.21. The van der Waals surface area contributed by atoms with Gasteiger partial charge in [0.25, 0.3) is 0 Å². The van der Waals surface area contributed by atoms with Crippen LogP contribution in [0.15, 0.2) is 54.6 Å². The lowest BCUT2D eigenvalue weighted by atomic mass is 10.0. The van der Waals surface area contributed by atoms with Crippen LogP contribution < -0.4 is 10.6 Å². The maximum atomic E-state index is 11.6. The van der Waals surface area contributed by atoms with E-state index in [0.29, 0.717) is 5.56 Å². The highest BCUT2D eigenvalue weighted by Gasteiger charge is 2.20. The maximum Gasteiger partial charge on any atom is 0.407 e. The second-order valence-corrected chi connectivity index (χ2v) is 7.35. The number of carbonyl (C=O) groups excluding carboxylic acids is 1. The number of anilines is 2. The smallest absolute Gasteiger partial charge is 0.407 e. The van der Waals surface area contributed by atoms with E-state index in [4.69, 9.17) is 4.74 Å². The van der Waals surface area contributed by atoms with Crippen molar-refractivity contribution >= 4 is 17.5 Å². The van der Waals surface area contributed by atoms with Gasteiger partial charge in [0.05, 0.1) is 6.10 Å². The molecule has 0 aliphatic rings. The Labute approximate surface area is 160 Å². The number of nitrogens with one attached hydrogen (secondary N) is 2. The van der Waals surface area contributed by atoms with Gasteiger partial charge in [0, 0.05) is 17.9 Å². The SMILES string of the molecule is CC(C)(C)OC(=O)NCCC(O)C(O)c1cccc(Nc2ccccc2)c1. The molecule has 0 aliphatic carbocycles. The summed E-state index contributed by atoms with van der Waals surface area (Å²) in [4.78, 5) is 11.6. The van der Waals surface area contributed by atoms with Crippen molar-refractivity contribution in [3.05, 3.63) is 60.2 Å². The summed E-state index contributed by atoms with van der Waals surface area (Å²) < 4.78 is 5.13. The number of amides is 1. The Kier molecular flexibility index (Phi) is 7.21. The number of hydrogen-bond acceptors (Lipinski definition) is 5. The summed E-state index contributed by atoms with van der Waals surface area (Å²) in [5.74, 6) is 0. The number of ether oxygens (including phenoxy) is 1. The standard InChI is InChI=1S/C21H28N2O4/c1-21(2,3)27-20(26)22-13-12-18(24)19(25)15-8-7-11-17(14-15)23-16-9-5-4-6-10-16/h4-11,14,18-19,23-25H,12-13H2,1-3H3,(H,22,26). The van der Waals surface area contributed by atoms with Crippen LogP contribution in [0.2, 0.25) is 0 Å². The van der Waals surface area contributed by atoms with Crippen molar-refractivity contribution in [3.63, 3.8) is 0 Å². The molecule has 1 amide bonds. The Hall–Kier alpha value is -2.57. The molecule has 0 bridgehead atoms. The molecule has 4 N–H and O–H groups in total. The van der Waals surface area contributed by atoms with Crippen LogP contribution in [-0.2, 0) is 4.74 Å². The fourth-order valence-electron chi connectivity index (χ4n) is 2.50.